The third-order valence-corrected chi connectivity index (χ3v) is 3.76. The number of rotatable bonds is 7. The van der Waals surface area contributed by atoms with Gasteiger partial charge in [-0.25, -0.2) is 4.79 Å². The Hall–Kier alpha value is -1.90. The Balaban J connectivity index is 2.65. The molecule has 0 aromatic heterocycles. The lowest BCUT2D eigenvalue weighted by Crippen LogP contribution is -2.48. The first-order valence-electron chi connectivity index (χ1n) is 7.98. The van der Waals surface area contributed by atoms with Gasteiger partial charge in [0, 0.05) is 12.3 Å². The molecule has 0 radical (unpaired) electrons. The molecule has 2 amide bonds. The standard InChI is InChI=1S/C17H23F3N2O3S/c1-16(2,3)25-15(24)22-13(9-10-26-17(18,19)20)14(23)21-11-12-7-5-4-6-8-12/h4-8,13H,9-11H2,1-3H3,(H,21,23)(H,22,24)/t13-/m0/s1. The fourth-order valence-corrected chi connectivity index (χ4v) is 2.50. The zero-order chi connectivity index (χ0) is 19.8. The van der Waals surface area contributed by atoms with Gasteiger partial charge in [-0.1, -0.05) is 42.1 Å². The van der Waals surface area contributed by atoms with Crippen LogP contribution in [-0.2, 0) is 16.1 Å². The van der Waals surface area contributed by atoms with E-state index >= 15 is 0 Å². The number of ether oxygens (including phenoxy) is 1. The number of halogens is 3. The zero-order valence-electron chi connectivity index (χ0n) is 14.9. The minimum absolute atomic E-state index is 0.177. The van der Waals surface area contributed by atoms with E-state index < -0.39 is 29.2 Å². The second-order valence-corrected chi connectivity index (χ2v) is 7.64. The lowest BCUT2D eigenvalue weighted by molar-refractivity contribution is -0.123. The van der Waals surface area contributed by atoms with Gasteiger partial charge in [-0.05, 0) is 32.8 Å². The SMILES string of the molecule is CC(C)(C)OC(=O)N[C@@H](CCSC(F)(F)F)C(=O)NCc1ccccc1. The van der Waals surface area contributed by atoms with Crippen LogP contribution in [0.2, 0.25) is 0 Å². The van der Waals surface area contributed by atoms with Crippen LogP contribution in [0, 0.1) is 0 Å². The lowest BCUT2D eigenvalue weighted by atomic mass is 10.2. The fourth-order valence-electron chi connectivity index (χ4n) is 1.92. The fraction of sp³-hybridized carbons (Fsp3) is 0.529. The monoisotopic (exact) mass is 392 g/mol. The maximum Gasteiger partial charge on any atom is 0.441 e. The van der Waals surface area contributed by atoms with Gasteiger partial charge in [-0.2, -0.15) is 13.2 Å². The van der Waals surface area contributed by atoms with E-state index in [4.69, 9.17) is 4.74 Å². The van der Waals surface area contributed by atoms with Gasteiger partial charge in [0.25, 0.3) is 0 Å². The number of carbonyl (C=O) groups excluding carboxylic acids is 2. The summed E-state index contributed by atoms with van der Waals surface area (Å²) in [5.74, 6) is -0.926. The summed E-state index contributed by atoms with van der Waals surface area (Å²) in [5.41, 5.74) is -4.34. The Labute approximate surface area is 155 Å². The van der Waals surface area contributed by atoms with Crippen LogP contribution in [-0.4, -0.2) is 34.9 Å². The van der Waals surface area contributed by atoms with Gasteiger partial charge >= 0.3 is 11.6 Å². The van der Waals surface area contributed by atoms with E-state index in [0.717, 1.165) is 5.56 Å². The molecule has 1 atom stereocenters. The molecule has 0 aliphatic rings. The van der Waals surface area contributed by atoms with Crippen molar-refractivity contribution in [2.24, 2.45) is 0 Å². The summed E-state index contributed by atoms with van der Waals surface area (Å²) in [6.45, 7) is 5.16. The second kappa shape index (κ2) is 9.70. The predicted molar refractivity (Wildman–Crippen MR) is 94.6 cm³/mol. The number of nitrogens with one attached hydrogen (secondary N) is 2. The van der Waals surface area contributed by atoms with Gasteiger partial charge in [0.2, 0.25) is 5.91 Å². The number of hydrogen-bond acceptors (Lipinski definition) is 4. The van der Waals surface area contributed by atoms with Crippen molar-refractivity contribution in [1.29, 1.82) is 0 Å². The van der Waals surface area contributed by atoms with E-state index in [2.05, 4.69) is 10.6 Å². The summed E-state index contributed by atoms with van der Waals surface area (Å²) in [4.78, 5) is 24.2. The highest BCUT2D eigenvalue weighted by atomic mass is 32.2. The number of alkyl halides is 3. The smallest absolute Gasteiger partial charge is 0.441 e. The topological polar surface area (TPSA) is 67.4 Å². The highest BCUT2D eigenvalue weighted by Gasteiger charge is 2.30. The van der Waals surface area contributed by atoms with Crippen molar-refractivity contribution in [3.8, 4) is 0 Å². The molecule has 2 N–H and O–H groups in total. The van der Waals surface area contributed by atoms with Gasteiger partial charge in [-0.3, -0.25) is 4.79 Å². The first-order valence-corrected chi connectivity index (χ1v) is 8.97. The average Bonchev–Trinajstić information content (AvgIpc) is 2.49. The molecular weight excluding hydrogens is 369 g/mol. The molecule has 0 bridgehead atoms. The highest BCUT2D eigenvalue weighted by molar-refractivity contribution is 8.00. The normalized spacial score (nSPS) is 13.0. The quantitative estimate of drug-likeness (QED) is 0.740. The molecule has 9 heteroatoms. The van der Waals surface area contributed by atoms with Crippen molar-refractivity contribution in [3.05, 3.63) is 35.9 Å². The molecule has 0 heterocycles. The molecule has 0 saturated carbocycles. The van der Waals surface area contributed by atoms with Crippen LogP contribution in [0.3, 0.4) is 0 Å². The number of amides is 2. The molecule has 0 unspecified atom stereocenters. The first kappa shape index (κ1) is 22.1. The van der Waals surface area contributed by atoms with Gasteiger partial charge in [-0.15, -0.1) is 0 Å². The van der Waals surface area contributed by atoms with Gasteiger partial charge in [0.15, 0.2) is 0 Å². The van der Waals surface area contributed by atoms with Crippen molar-refractivity contribution < 1.29 is 27.5 Å². The van der Waals surface area contributed by atoms with Crippen molar-refractivity contribution in [2.45, 2.75) is 50.9 Å². The Kier molecular flexibility index (Phi) is 8.26. The molecular formula is C17H23F3N2O3S. The summed E-state index contributed by atoms with van der Waals surface area (Å²) in [6.07, 6.45) is -1.03. The summed E-state index contributed by atoms with van der Waals surface area (Å²) < 4.78 is 42.0. The van der Waals surface area contributed by atoms with Gasteiger partial charge in [0.1, 0.15) is 11.6 Å². The van der Waals surface area contributed by atoms with Crippen LogP contribution < -0.4 is 10.6 Å². The van der Waals surface area contributed by atoms with Crippen molar-refractivity contribution in [1.82, 2.24) is 10.6 Å². The highest BCUT2D eigenvalue weighted by Crippen LogP contribution is 2.30. The van der Waals surface area contributed by atoms with E-state index in [-0.39, 0.29) is 30.5 Å². The van der Waals surface area contributed by atoms with Crippen molar-refractivity contribution in [3.63, 3.8) is 0 Å². The summed E-state index contributed by atoms with van der Waals surface area (Å²) >= 11 is -0.238. The molecule has 5 nitrogen and oxygen atoms in total. The predicted octanol–water partition coefficient (Wildman–Crippen LogP) is 3.84. The summed E-state index contributed by atoms with van der Waals surface area (Å²) in [7, 11) is 0. The lowest BCUT2D eigenvalue weighted by Gasteiger charge is -2.23. The van der Waals surface area contributed by atoms with Crippen LogP contribution >= 0.6 is 11.8 Å². The van der Waals surface area contributed by atoms with E-state index in [0.29, 0.717) is 0 Å². The number of carbonyl (C=O) groups is 2. The van der Waals surface area contributed by atoms with Gasteiger partial charge < -0.3 is 15.4 Å². The van der Waals surface area contributed by atoms with Crippen LogP contribution in [0.1, 0.15) is 32.8 Å². The molecule has 1 aromatic rings. The molecule has 1 aromatic carbocycles. The molecule has 0 saturated heterocycles. The van der Waals surface area contributed by atoms with E-state index in [9.17, 15) is 22.8 Å². The summed E-state index contributed by atoms with van der Waals surface area (Å²) in [5, 5.41) is 4.96. The zero-order valence-corrected chi connectivity index (χ0v) is 15.7. The molecule has 26 heavy (non-hydrogen) atoms. The van der Waals surface area contributed by atoms with Crippen molar-refractivity contribution >= 4 is 23.8 Å². The number of alkyl carbamates (subject to hydrolysis) is 1. The molecule has 0 aliphatic heterocycles. The van der Waals surface area contributed by atoms with Crippen LogP contribution in [0.15, 0.2) is 30.3 Å². The van der Waals surface area contributed by atoms with Crippen LogP contribution in [0.4, 0.5) is 18.0 Å². The van der Waals surface area contributed by atoms with Crippen LogP contribution in [0.5, 0.6) is 0 Å². The Bertz CT molecular complexity index is 589. The third kappa shape index (κ3) is 10.2. The molecule has 1 rings (SSSR count). The number of thioether (sulfide) groups is 1. The Morgan fingerprint density at radius 1 is 1.15 bits per heavy atom. The Morgan fingerprint density at radius 3 is 2.31 bits per heavy atom. The minimum atomic E-state index is -4.39. The number of benzene rings is 1. The maximum absolute atomic E-state index is 12.3. The van der Waals surface area contributed by atoms with E-state index in [1.54, 1.807) is 45.0 Å². The maximum atomic E-state index is 12.3. The molecule has 0 spiro atoms. The average molecular weight is 392 g/mol. The summed E-state index contributed by atoms with van der Waals surface area (Å²) in [6, 6.07) is 7.91. The van der Waals surface area contributed by atoms with E-state index in [1.807, 2.05) is 6.07 Å². The third-order valence-electron chi connectivity index (χ3n) is 2.99. The molecule has 0 fully saturated rings. The molecule has 146 valence electrons. The first-order chi connectivity index (χ1) is 12.0. The van der Waals surface area contributed by atoms with Crippen molar-refractivity contribution in [2.75, 3.05) is 5.75 Å². The second-order valence-electron chi connectivity index (χ2n) is 6.49. The van der Waals surface area contributed by atoms with E-state index in [1.165, 1.54) is 0 Å². The Morgan fingerprint density at radius 2 is 1.77 bits per heavy atom. The molecule has 0 aliphatic carbocycles. The minimum Gasteiger partial charge on any atom is -0.444 e. The van der Waals surface area contributed by atoms with Crippen LogP contribution in [0.25, 0.3) is 0 Å². The van der Waals surface area contributed by atoms with Gasteiger partial charge in [0.05, 0.1) is 0 Å². The largest absolute Gasteiger partial charge is 0.444 e. The number of hydrogen-bond donors (Lipinski definition) is 2.